The SMILES string of the molecule is N[C@@H](O)C[N+](=O)[O-]. The van der Waals surface area contributed by atoms with E-state index in [9.17, 15) is 10.1 Å². The summed E-state index contributed by atoms with van der Waals surface area (Å²) in [5, 5.41) is 17.4. The molecule has 7 heavy (non-hydrogen) atoms. The highest BCUT2D eigenvalue weighted by molar-refractivity contribution is 4.34. The molecule has 0 radical (unpaired) electrons. The third-order valence-corrected chi connectivity index (χ3v) is 0.336. The summed E-state index contributed by atoms with van der Waals surface area (Å²) < 4.78 is 0. The van der Waals surface area contributed by atoms with Gasteiger partial charge in [0, 0.05) is 4.92 Å². The predicted octanol–water partition coefficient (Wildman–Crippen LogP) is -1.46. The first-order valence-corrected chi connectivity index (χ1v) is 1.68. The van der Waals surface area contributed by atoms with Crippen LogP contribution in [0.2, 0.25) is 0 Å². The minimum Gasteiger partial charge on any atom is -0.372 e. The van der Waals surface area contributed by atoms with Gasteiger partial charge >= 0.3 is 0 Å². The van der Waals surface area contributed by atoms with Gasteiger partial charge in [-0.2, -0.15) is 0 Å². The molecule has 5 heteroatoms. The number of nitro groups is 1. The van der Waals surface area contributed by atoms with Crippen LogP contribution in [0.5, 0.6) is 0 Å². The lowest BCUT2D eigenvalue weighted by molar-refractivity contribution is -0.490. The highest BCUT2D eigenvalue weighted by Crippen LogP contribution is 1.69. The van der Waals surface area contributed by atoms with Gasteiger partial charge in [-0.3, -0.25) is 10.1 Å². The van der Waals surface area contributed by atoms with Gasteiger partial charge in [0.15, 0.2) is 6.23 Å². The van der Waals surface area contributed by atoms with E-state index in [1.165, 1.54) is 0 Å². The van der Waals surface area contributed by atoms with E-state index in [1.54, 1.807) is 0 Å². The van der Waals surface area contributed by atoms with Gasteiger partial charge in [-0.25, -0.2) is 0 Å². The quantitative estimate of drug-likeness (QED) is 0.256. The molecule has 1 atom stereocenters. The first-order valence-electron chi connectivity index (χ1n) is 1.68. The number of hydrogen-bond donors (Lipinski definition) is 2. The van der Waals surface area contributed by atoms with Crippen LogP contribution in [0.4, 0.5) is 0 Å². The maximum Gasteiger partial charge on any atom is 0.242 e. The topological polar surface area (TPSA) is 89.4 Å². The van der Waals surface area contributed by atoms with Crippen LogP contribution in [0.3, 0.4) is 0 Å². The molecule has 0 heterocycles. The molecule has 0 amide bonds. The molecule has 5 nitrogen and oxygen atoms in total. The second-order valence-corrected chi connectivity index (χ2v) is 1.08. The van der Waals surface area contributed by atoms with E-state index in [0.29, 0.717) is 0 Å². The molecule has 0 fully saturated rings. The Hall–Kier alpha value is -0.680. The van der Waals surface area contributed by atoms with Crippen LogP contribution < -0.4 is 5.73 Å². The highest BCUT2D eigenvalue weighted by atomic mass is 16.6. The lowest BCUT2D eigenvalue weighted by atomic mass is 10.6. The Bertz CT molecular complexity index is 71.3. The number of hydrogen-bond acceptors (Lipinski definition) is 4. The van der Waals surface area contributed by atoms with Crippen LogP contribution in [0, 0.1) is 10.1 Å². The smallest absolute Gasteiger partial charge is 0.242 e. The van der Waals surface area contributed by atoms with E-state index in [4.69, 9.17) is 5.11 Å². The lowest BCUT2D eigenvalue weighted by Crippen LogP contribution is -2.27. The van der Waals surface area contributed by atoms with Crippen LogP contribution in [-0.4, -0.2) is 22.8 Å². The van der Waals surface area contributed by atoms with Gasteiger partial charge < -0.3 is 10.8 Å². The molecule has 0 aromatic rings. The Balaban J connectivity index is 3.13. The predicted molar refractivity (Wildman–Crippen MR) is 22.1 cm³/mol. The number of rotatable bonds is 2. The molecule has 0 saturated heterocycles. The summed E-state index contributed by atoms with van der Waals surface area (Å²) >= 11 is 0. The Morgan fingerprint density at radius 3 is 2.43 bits per heavy atom. The maximum absolute atomic E-state index is 9.38. The Morgan fingerprint density at radius 2 is 2.43 bits per heavy atom. The standard InChI is InChI=1S/C2H6N2O3/c3-2(5)1-4(6)7/h2,5H,1,3H2/t2-/m0/s1. The van der Waals surface area contributed by atoms with Crippen LogP contribution >= 0.6 is 0 Å². The van der Waals surface area contributed by atoms with Crippen LogP contribution in [0.1, 0.15) is 0 Å². The summed E-state index contributed by atoms with van der Waals surface area (Å²) in [6.07, 6.45) is -1.32. The average Bonchev–Trinajstić information content (AvgIpc) is 1.27. The molecule has 42 valence electrons. The zero-order valence-electron chi connectivity index (χ0n) is 3.57. The second-order valence-electron chi connectivity index (χ2n) is 1.08. The van der Waals surface area contributed by atoms with Gasteiger partial charge in [-0.15, -0.1) is 0 Å². The normalized spacial score (nSPS) is 13.4. The van der Waals surface area contributed by atoms with Crippen molar-refractivity contribution in [1.29, 1.82) is 0 Å². The number of aliphatic hydroxyl groups excluding tert-OH is 1. The molecule has 0 bridgehead atoms. The third-order valence-electron chi connectivity index (χ3n) is 0.336. The van der Waals surface area contributed by atoms with Gasteiger partial charge in [0.1, 0.15) is 0 Å². The zero-order chi connectivity index (χ0) is 5.86. The molecule has 0 aliphatic rings. The van der Waals surface area contributed by atoms with E-state index >= 15 is 0 Å². The van der Waals surface area contributed by atoms with Crippen molar-refractivity contribution in [3.05, 3.63) is 10.1 Å². The van der Waals surface area contributed by atoms with Crippen molar-refractivity contribution in [1.82, 2.24) is 0 Å². The second kappa shape index (κ2) is 2.49. The van der Waals surface area contributed by atoms with E-state index in [2.05, 4.69) is 5.73 Å². The molecule has 0 unspecified atom stereocenters. The minimum absolute atomic E-state index is 0.583. The molecule has 0 saturated carbocycles. The summed E-state index contributed by atoms with van der Waals surface area (Å²) in [5.41, 5.74) is 4.61. The van der Waals surface area contributed by atoms with E-state index in [0.717, 1.165) is 0 Å². The summed E-state index contributed by atoms with van der Waals surface area (Å²) in [6, 6.07) is 0. The molecule has 0 aliphatic heterocycles. The Kier molecular flexibility index (Phi) is 2.24. The molecular weight excluding hydrogens is 100 g/mol. The van der Waals surface area contributed by atoms with Gasteiger partial charge in [0.05, 0.1) is 0 Å². The van der Waals surface area contributed by atoms with Crippen LogP contribution in [0.15, 0.2) is 0 Å². The molecular formula is C2H6N2O3. The zero-order valence-corrected chi connectivity index (χ0v) is 3.57. The molecule has 3 N–H and O–H groups in total. The van der Waals surface area contributed by atoms with Crippen molar-refractivity contribution in [3.63, 3.8) is 0 Å². The Morgan fingerprint density at radius 1 is 2.00 bits per heavy atom. The summed E-state index contributed by atoms with van der Waals surface area (Å²) in [7, 11) is 0. The van der Waals surface area contributed by atoms with E-state index in [-0.39, 0.29) is 0 Å². The number of nitrogens with two attached hydrogens (primary N) is 1. The first kappa shape index (κ1) is 6.32. The van der Waals surface area contributed by atoms with Gasteiger partial charge in [0.25, 0.3) is 0 Å². The van der Waals surface area contributed by atoms with E-state index < -0.39 is 17.7 Å². The highest BCUT2D eigenvalue weighted by Gasteiger charge is 2.01. The fraction of sp³-hybridized carbons (Fsp3) is 1.00. The monoisotopic (exact) mass is 106 g/mol. The van der Waals surface area contributed by atoms with Gasteiger partial charge in [-0.1, -0.05) is 0 Å². The molecule has 0 aromatic heterocycles. The van der Waals surface area contributed by atoms with Gasteiger partial charge in [-0.05, 0) is 0 Å². The van der Waals surface area contributed by atoms with Gasteiger partial charge in [0.2, 0.25) is 6.54 Å². The maximum atomic E-state index is 9.38. The fourth-order valence-corrected chi connectivity index (χ4v) is 0.153. The van der Waals surface area contributed by atoms with Crippen molar-refractivity contribution in [2.24, 2.45) is 5.73 Å². The summed E-state index contributed by atoms with van der Waals surface area (Å²) in [5.74, 6) is 0. The first-order chi connectivity index (χ1) is 3.13. The minimum atomic E-state index is -1.32. The van der Waals surface area contributed by atoms with Crippen molar-refractivity contribution in [3.8, 4) is 0 Å². The largest absolute Gasteiger partial charge is 0.372 e. The Labute approximate surface area is 39.9 Å². The van der Waals surface area contributed by atoms with Crippen molar-refractivity contribution >= 4 is 0 Å². The van der Waals surface area contributed by atoms with Crippen LogP contribution in [0.25, 0.3) is 0 Å². The molecule has 0 aliphatic carbocycles. The lowest BCUT2D eigenvalue weighted by Gasteiger charge is -1.92. The van der Waals surface area contributed by atoms with Crippen molar-refractivity contribution in [2.75, 3.05) is 6.54 Å². The number of nitrogens with zero attached hydrogens (tertiary/aromatic N) is 1. The summed E-state index contributed by atoms with van der Waals surface area (Å²) in [4.78, 5) is 8.70. The van der Waals surface area contributed by atoms with Crippen LogP contribution in [-0.2, 0) is 0 Å². The van der Waals surface area contributed by atoms with Crippen molar-refractivity contribution in [2.45, 2.75) is 6.23 Å². The number of aliphatic hydroxyl groups is 1. The van der Waals surface area contributed by atoms with E-state index in [1.807, 2.05) is 0 Å². The summed E-state index contributed by atoms with van der Waals surface area (Å²) in [6.45, 7) is -0.583. The molecule has 0 spiro atoms. The third kappa shape index (κ3) is 5.32. The molecule has 0 rings (SSSR count). The molecule has 0 aromatic carbocycles. The van der Waals surface area contributed by atoms with Crippen molar-refractivity contribution < 1.29 is 10.0 Å². The fourth-order valence-electron chi connectivity index (χ4n) is 0.153. The average molecular weight is 106 g/mol.